The number of carbonyl (C=O) groups excluding carboxylic acids is 1. The van der Waals surface area contributed by atoms with Crippen LogP contribution in [0.5, 0.6) is 0 Å². The summed E-state index contributed by atoms with van der Waals surface area (Å²) in [6.45, 7) is 6.48. The van der Waals surface area contributed by atoms with Gasteiger partial charge < -0.3 is 20.5 Å². The number of benzene rings is 1. The van der Waals surface area contributed by atoms with Gasteiger partial charge in [-0.25, -0.2) is 4.79 Å². The molecule has 0 aliphatic heterocycles. The predicted molar refractivity (Wildman–Crippen MR) is 90.0 cm³/mol. The van der Waals surface area contributed by atoms with Crippen molar-refractivity contribution in [3.63, 3.8) is 0 Å². The zero-order chi connectivity index (χ0) is 16.9. The van der Waals surface area contributed by atoms with E-state index in [-0.39, 0.29) is 18.7 Å². The molecule has 23 heavy (non-hydrogen) atoms. The number of nitrogens with one attached hydrogen (secondary N) is 2. The molecule has 1 aromatic carbocycles. The largest absolute Gasteiger partial charge is 0.444 e. The molecule has 1 aliphatic carbocycles. The summed E-state index contributed by atoms with van der Waals surface area (Å²) < 4.78 is 5.30. The van der Waals surface area contributed by atoms with Crippen molar-refractivity contribution in [1.82, 2.24) is 10.6 Å². The SMILES string of the molecule is CC(C)(C)OC(=O)NC1CCC(NCc2ccc(CO)cc2)C1. The standard InChI is InChI=1S/C18H28N2O3/c1-18(2,3)23-17(22)20-16-9-8-15(10-16)19-11-13-4-6-14(12-21)7-5-13/h4-7,15-16,19,21H,8-12H2,1-3H3,(H,20,22). The molecule has 1 aliphatic rings. The smallest absolute Gasteiger partial charge is 0.407 e. The molecule has 3 N–H and O–H groups in total. The van der Waals surface area contributed by atoms with E-state index >= 15 is 0 Å². The third kappa shape index (κ3) is 6.20. The molecule has 2 unspecified atom stereocenters. The lowest BCUT2D eigenvalue weighted by molar-refractivity contribution is 0.0505. The summed E-state index contributed by atoms with van der Waals surface area (Å²) in [5.74, 6) is 0. The van der Waals surface area contributed by atoms with Gasteiger partial charge in [0.05, 0.1) is 6.61 Å². The maximum absolute atomic E-state index is 11.8. The van der Waals surface area contributed by atoms with Gasteiger partial charge in [-0.2, -0.15) is 0 Å². The minimum absolute atomic E-state index is 0.0777. The molecule has 2 atom stereocenters. The fraction of sp³-hybridized carbons (Fsp3) is 0.611. The van der Waals surface area contributed by atoms with E-state index in [0.29, 0.717) is 6.04 Å². The molecule has 0 spiro atoms. The number of hydrogen-bond donors (Lipinski definition) is 3. The maximum atomic E-state index is 11.8. The van der Waals surface area contributed by atoms with Crippen LogP contribution in [0.25, 0.3) is 0 Å². The van der Waals surface area contributed by atoms with E-state index in [0.717, 1.165) is 31.4 Å². The lowest BCUT2D eigenvalue weighted by Crippen LogP contribution is -2.38. The molecule has 5 nitrogen and oxygen atoms in total. The second kappa shape index (κ2) is 7.79. The minimum atomic E-state index is -0.457. The van der Waals surface area contributed by atoms with Gasteiger partial charge in [0.25, 0.3) is 0 Å². The molecule has 128 valence electrons. The highest BCUT2D eigenvalue weighted by atomic mass is 16.6. The van der Waals surface area contributed by atoms with Gasteiger partial charge in [0.15, 0.2) is 0 Å². The molecule has 1 amide bonds. The van der Waals surface area contributed by atoms with Gasteiger partial charge in [-0.3, -0.25) is 0 Å². The van der Waals surface area contributed by atoms with E-state index < -0.39 is 5.60 Å². The van der Waals surface area contributed by atoms with Crippen LogP contribution in [0, 0.1) is 0 Å². The second-order valence-electron chi connectivity index (χ2n) is 7.21. The van der Waals surface area contributed by atoms with Gasteiger partial charge >= 0.3 is 6.09 Å². The van der Waals surface area contributed by atoms with Crippen molar-refractivity contribution in [1.29, 1.82) is 0 Å². The molecule has 1 aromatic rings. The fourth-order valence-electron chi connectivity index (χ4n) is 2.80. The Bertz CT molecular complexity index is 508. The third-order valence-corrected chi connectivity index (χ3v) is 3.95. The van der Waals surface area contributed by atoms with E-state index in [1.165, 1.54) is 5.56 Å². The molecular weight excluding hydrogens is 292 g/mol. The summed E-state index contributed by atoms with van der Waals surface area (Å²) in [4.78, 5) is 11.8. The number of aliphatic hydroxyl groups is 1. The molecule has 1 saturated carbocycles. The first-order chi connectivity index (χ1) is 10.9. The summed E-state index contributed by atoms with van der Waals surface area (Å²) >= 11 is 0. The number of aliphatic hydroxyl groups excluding tert-OH is 1. The second-order valence-corrected chi connectivity index (χ2v) is 7.21. The van der Waals surface area contributed by atoms with Gasteiger partial charge in [-0.05, 0) is 51.2 Å². The summed E-state index contributed by atoms with van der Waals surface area (Å²) in [5, 5.41) is 15.5. The zero-order valence-electron chi connectivity index (χ0n) is 14.3. The molecule has 0 saturated heterocycles. The highest BCUT2D eigenvalue weighted by Crippen LogP contribution is 2.20. The maximum Gasteiger partial charge on any atom is 0.407 e. The van der Waals surface area contributed by atoms with E-state index in [1.807, 2.05) is 45.0 Å². The molecule has 2 rings (SSSR count). The highest BCUT2D eigenvalue weighted by Gasteiger charge is 2.27. The molecule has 0 aromatic heterocycles. The summed E-state index contributed by atoms with van der Waals surface area (Å²) in [6, 6.07) is 8.54. The average Bonchev–Trinajstić information content (AvgIpc) is 2.91. The Morgan fingerprint density at radius 1 is 1.17 bits per heavy atom. The van der Waals surface area contributed by atoms with Crippen LogP contribution in [-0.2, 0) is 17.9 Å². The van der Waals surface area contributed by atoms with E-state index in [2.05, 4.69) is 10.6 Å². The Balaban J connectivity index is 1.71. The molecule has 0 bridgehead atoms. The number of amides is 1. The van der Waals surface area contributed by atoms with Gasteiger partial charge in [0.2, 0.25) is 0 Å². The van der Waals surface area contributed by atoms with Crippen molar-refractivity contribution < 1.29 is 14.6 Å². The Morgan fingerprint density at radius 2 is 1.78 bits per heavy atom. The van der Waals surface area contributed by atoms with E-state index in [1.54, 1.807) is 0 Å². The number of ether oxygens (including phenoxy) is 1. The van der Waals surface area contributed by atoms with Crippen LogP contribution in [0.3, 0.4) is 0 Å². The van der Waals surface area contributed by atoms with Crippen LogP contribution < -0.4 is 10.6 Å². The van der Waals surface area contributed by atoms with Crippen molar-refractivity contribution in [3.05, 3.63) is 35.4 Å². The quantitative estimate of drug-likeness (QED) is 0.780. The van der Waals surface area contributed by atoms with Crippen LogP contribution in [0.1, 0.15) is 51.2 Å². The molecule has 0 heterocycles. The van der Waals surface area contributed by atoms with Gasteiger partial charge in [-0.1, -0.05) is 24.3 Å². The topological polar surface area (TPSA) is 70.6 Å². The Morgan fingerprint density at radius 3 is 2.39 bits per heavy atom. The predicted octanol–water partition coefficient (Wildman–Crippen LogP) is 2.71. The normalized spacial score (nSPS) is 21.2. The van der Waals surface area contributed by atoms with Crippen molar-refractivity contribution in [2.75, 3.05) is 0 Å². The fourth-order valence-corrected chi connectivity index (χ4v) is 2.80. The first-order valence-electron chi connectivity index (χ1n) is 8.27. The number of hydrogen-bond acceptors (Lipinski definition) is 4. The van der Waals surface area contributed by atoms with Gasteiger partial charge in [-0.15, -0.1) is 0 Å². The molecule has 5 heteroatoms. The monoisotopic (exact) mass is 320 g/mol. The zero-order valence-corrected chi connectivity index (χ0v) is 14.3. The van der Waals surface area contributed by atoms with Crippen molar-refractivity contribution in [2.24, 2.45) is 0 Å². The number of rotatable bonds is 5. The lowest BCUT2D eigenvalue weighted by atomic mass is 10.1. The van der Waals surface area contributed by atoms with Crippen LogP contribution in [-0.4, -0.2) is 28.9 Å². The molecule has 0 radical (unpaired) electrons. The Hall–Kier alpha value is -1.59. The van der Waals surface area contributed by atoms with Crippen LogP contribution in [0.15, 0.2) is 24.3 Å². The summed E-state index contributed by atoms with van der Waals surface area (Å²) in [6.07, 6.45) is 2.62. The molecular formula is C18H28N2O3. The van der Waals surface area contributed by atoms with Crippen molar-refractivity contribution >= 4 is 6.09 Å². The molecule has 1 fully saturated rings. The first-order valence-corrected chi connectivity index (χ1v) is 8.27. The van der Waals surface area contributed by atoms with E-state index in [9.17, 15) is 4.79 Å². The number of alkyl carbamates (subject to hydrolysis) is 1. The Kier molecular flexibility index (Phi) is 6.02. The lowest BCUT2D eigenvalue weighted by Gasteiger charge is -2.21. The van der Waals surface area contributed by atoms with Crippen LogP contribution in [0.2, 0.25) is 0 Å². The van der Waals surface area contributed by atoms with Crippen LogP contribution in [0.4, 0.5) is 4.79 Å². The van der Waals surface area contributed by atoms with Gasteiger partial charge in [0.1, 0.15) is 5.60 Å². The highest BCUT2D eigenvalue weighted by molar-refractivity contribution is 5.68. The number of carbonyl (C=O) groups is 1. The van der Waals surface area contributed by atoms with Crippen molar-refractivity contribution in [3.8, 4) is 0 Å². The average molecular weight is 320 g/mol. The summed E-state index contributed by atoms with van der Waals surface area (Å²) in [5.41, 5.74) is 1.67. The first kappa shape index (κ1) is 17.8. The Labute approximate surface area is 138 Å². The van der Waals surface area contributed by atoms with Crippen molar-refractivity contribution in [2.45, 2.75) is 70.9 Å². The third-order valence-electron chi connectivity index (χ3n) is 3.95. The van der Waals surface area contributed by atoms with E-state index in [4.69, 9.17) is 9.84 Å². The summed E-state index contributed by atoms with van der Waals surface area (Å²) in [7, 11) is 0. The van der Waals surface area contributed by atoms with Crippen LogP contribution >= 0.6 is 0 Å². The van der Waals surface area contributed by atoms with Gasteiger partial charge in [0, 0.05) is 18.6 Å². The minimum Gasteiger partial charge on any atom is -0.444 e.